The van der Waals surface area contributed by atoms with Gasteiger partial charge in [-0.2, -0.15) is 0 Å². The maximum atomic E-state index is 4.37. The summed E-state index contributed by atoms with van der Waals surface area (Å²) < 4.78 is 0. The molecule has 0 aromatic heterocycles. The molecule has 0 aliphatic heterocycles. The van der Waals surface area contributed by atoms with Crippen molar-refractivity contribution in [3.63, 3.8) is 0 Å². The normalized spacial score (nSPS) is 12.4. The Kier molecular flexibility index (Phi) is 2.08. The Morgan fingerprint density at radius 3 is 1.67 bits per heavy atom. The fourth-order valence-corrected chi connectivity index (χ4v) is 2.64. The van der Waals surface area contributed by atoms with Crippen LogP contribution in [0.2, 0.25) is 0 Å². The van der Waals surface area contributed by atoms with Gasteiger partial charge >= 0.3 is 0 Å². The van der Waals surface area contributed by atoms with Gasteiger partial charge < -0.3 is 0 Å². The molecule has 1 aliphatic carbocycles. The molecule has 1 aliphatic rings. The van der Waals surface area contributed by atoms with Crippen LogP contribution in [0, 0.1) is 0 Å². The molecule has 0 bridgehead atoms. The van der Waals surface area contributed by atoms with Gasteiger partial charge in [0.15, 0.2) is 0 Å². The number of hydrogen-bond donors (Lipinski definition) is 2. The van der Waals surface area contributed by atoms with Crippen LogP contribution in [-0.2, 0) is 6.42 Å². The molecule has 0 atom stereocenters. The van der Waals surface area contributed by atoms with Crippen LogP contribution < -0.4 is 0 Å². The first-order valence-corrected chi connectivity index (χ1v) is 5.77. The third-order valence-electron chi connectivity index (χ3n) is 2.85. The van der Waals surface area contributed by atoms with Crippen LogP contribution in [0.1, 0.15) is 11.1 Å². The molecular formula is C13H10S2. The summed E-state index contributed by atoms with van der Waals surface area (Å²) >= 11 is 8.73. The molecule has 0 amide bonds. The van der Waals surface area contributed by atoms with Crippen LogP contribution in [-0.4, -0.2) is 0 Å². The van der Waals surface area contributed by atoms with E-state index in [2.05, 4.69) is 49.5 Å². The van der Waals surface area contributed by atoms with E-state index in [1.807, 2.05) is 12.1 Å². The third kappa shape index (κ3) is 1.48. The van der Waals surface area contributed by atoms with Crippen molar-refractivity contribution in [3.05, 3.63) is 47.5 Å². The van der Waals surface area contributed by atoms with E-state index in [0.717, 1.165) is 16.2 Å². The SMILES string of the molecule is Sc1ccc2c(c1)Cc1cc(S)ccc1-2. The lowest BCUT2D eigenvalue weighted by molar-refractivity contribution is 1.22. The zero-order valence-electron chi connectivity index (χ0n) is 8.07. The standard InChI is InChI=1S/C13H10S2/c14-10-1-3-12-8(6-10)5-9-7-11(15)2-4-13(9)12/h1-4,6-7,14-15H,5H2. The first-order valence-electron chi connectivity index (χ1n) is 4.88. The van der Waals surface area contributed by atoms with Crippen LogP contribution in [0.5, 0.6) is 0 Å². The van der Waals surface area contributed by atoms with E-state index in [-0.39, 0.29) is 0 Å². The van der Waals surface area contributed by atoms with Crippen molar-refractivity contribution >= 4 is 25.3 Å². The topological polar surface area (TPSA) is 0 Å². The Morgan fingerprint density at radius 2 is 1.20 bits per heavy atom. The molecule has 2 aromatic carbocycles. The van der Waals surface area contributed by atoms with Crippen molar-refractivity contribution in [3.8, 4) is 11.1 Å². The highest BCUT2D eigenvalue weighted by molar-refractivity contribution is 7.80. The first-order chi connectivity index (χ1) is 7.24. The Bertz CT molecular complexity index is 495. The molecule has 0 unspecified atom stereocenters. The van der Waals surface area contributed by atoms with Crippen LogP contribution in [0.4, 0.5) is 0 Å². The molecule has 0 saturated carbocycles. The molecule has 0 fully saturated rings. The fourth-order valence-electron chi connectivity index (χ4n) is 2.18. The number of hydrogen-bond acceptors (Lipinski definition) is 2. The van der Waals surface area contributed by atoms with E-state index in [0.29, 0.717) is 0 Å². The summed E-state index contributed by atoms with van der Waals surface area (Å²) in [6.45, 7) is 0. The van der Waals surface area contributed by atoms with Gasteiger partial charge in [-0.3, -0.25) is 0 Å². The van der Waals surface area contributed by atoms with Gasteiger partial charge in [-0.25, -0.2) is 0 Å². The Hall–Kier alpha value is -0.860. The van der Waals surface area contributed by atoms with Crippen molar-refractivity contribution in [1.29, 1.82) is 0 Å². The molecule has 0 nitrogen and oxygen atoms in total. The van der Waals surface area contributed by atoms with Crippen LogP contribution >= 0.6 is 25.3 Å². The van der Waals surface area contributed by atoms with Crippen LogP contribution in [0.15, 0.2) is 46.2 Å². The highest BCUT2D eigenvalue weighted by Gasteiger charge is 2.17. The van der Waals surface area contributed by atoms with E-state index in [4.69, 9.17) is 0 Å². The second kappa shape index (κ2) is 3.32. The van der Waals surface area contributed by atoms with Gasteiger partial charge in [-0.05, 0) is 52.9 Å². The van der Waals surface area contributed by atoms with Crippen molar-refractivity contribution < 1.29 is 0 Å². The average Bonchev–Trinajstić information content (AvgIpc) is 2.53. The Labute approximate surface area is 100 Å². The van der Waals surface area contributed by atoms with E-state index in [9.17, 15) is 0 Å². The lowest BCUT2D eigenvalue weighted by Gasteiger charge is -2.01. The van der Waals surface area contributed by atoms with E-state index < -0.39 is 0 Å². The minimum atomic E-state index is 1.01. The quantitative estimate of drug-likeness (QED) is 0.539. The zero-order valence-corrected chi connectivity index (χ0v) is 9.85. The summed E-state index contributed by atoms with van der Waals surface area (Å²) in [6, 6.07) is 12.7. The second-order valence-electron chi connectivity index (χ2n) is 3.86. The molecule has 15 heavy (non-hydrogen) atoms. The van der Waals surface area contributed by atoms with Gasteiger partial charge in [0.1, 0.15) is 0 Å². The summed E-state index contributed by atoms with van der Waals surface area (Å²) in [4.78, 5) is 2.07. The first kappa shape index (κ1) is 9.37. The third-order valence-corrected chi connectivity index (χ3v) is 3.41. The van der Waals surface area contributed by atoms with Crippen molar-refractivity contribution in [1.82, 2.24) is 0 Å². The van der Waals surface area contributed by atoms with E-state index >= 15 is 0 Å². The van der Waals surface area contributed by atoms with Gasteiger partial charge in [0.25, 0.3) is 0 Å². The molecule has 0 heterocycles. The zero-order chi connectivity index (χ0) is 10.4. The number of benzene rings is 2. The monoisotopic (exact) mass is 230 g/mol. The molecule has 0 N–H and O–H groups in total. The molecular weight excluding hydrogens is 220 g/mol. The maximum Gasteiger partial charge on any atom is 0.00432 e. The van der Waals surface area contributed by atoms with Crippen molar-refractivity contribution in [2.45, 2.75) is 16.2 Å². The lowest BCUT2D eigenvalue weighted by atomic mass is 10.1. The molecule has 3 rings (SSSR count). The minimum absolute atomic E-state index is 1.01. The average molecular weight is 230 g/mol. The van der Waals surface area contributed by atoms with Gasteiger partial charge in [0.05, 0.1) is 0 Å². The Balaban J connectivity index is 2.24. The highest BCUT2D eigenvalue weighted by Crippen LogP contribution is 2.38. The van der Waals surface area contributed by atoms with Crippen LogP contribution in [0.3, 0.4) is 0 Å². The predicted molar refractivity (Wildman–Crippen MR) is 69.2 cm³/mol. The second-order valence-corrected chi connectivity index (χ2v) is 4.89. The van der Waals surface area contributed by atoms with E-state index in [1.54, 1.807) is 0 Å². The smallest absolute Gasteiger partial charge is 0.00432 e. The number of rotatable bonds is 0. The highest BCUT2D eigenvalue weighted by atomic mass is 32.1. The van der Waals surface area contributed by atoms with Gasteiger partial charge in [0.2, 0.25) is 0 Å². The molecule has 2 aromatic rings. The predicted octanol–water partition coefficient (Wildman–Crippen LogP) is 3.84. The number of fused-ring (bicyclic) bond motifs is 3. The molecule has 0 radical (unpaired) electrons. The summed E-state index contributed by atoms with van der Waals surface area (Å²) in [5, 5.41) is 0. The van der Waals surface area contributed by atoms with E-state index in [1.165, 1.54) is 22.3 Å². The summed E-state index contributed by atoms with van der Waals surface area (Å²) in [7, 11) is 0. The summed E-state index contributed by atoms with van der Waals surface area (Å²) in [6.07, 6.45) is 1.01. The Morgan fingerprint density at radius 1 is 0.733 bits per heavy atom. The summed E-state index contributed by atoms with van der Waals surface area (Å²) in [5.74, 6) is 0. The molecule has 74 valence electrons. The van der Waals surface area contributed by atoms with Crippen molar-refractivity contribution in [2.75, 3.05) is 0 Å². The molecule has 0 saturated heterocycles. The largest absolute Gasteiger partial charge is 0.143 e. The maximum absolute atomic E-state index is 4.37. The van der Waals surface area contributed by atoms with Crippen molar-refractivity contribution in [2.24, 2.45) is 0 Å². The minimum Gasteiger partial charge on any atom is -0.143 e. The van der Waals surface area contributed by atoms with Gasteiger partial charge in [-0.15, -0.1) is 25.3 Å². The summed E-state index contributed by atoms with van der Waals surface area (Å²) in [5.41, 5.74) is 5.43. The number of thiol groups is 2. The fraction of sp³-hybridized carbons (Fsp3) is 0.0769. The van der Waals surface area contributed by atoms with Gasteiger partial charge in [0, 0.05) is 9.79 Å². The lowest BCUT2D eigenvalue weighted by Crippen LogP contribution is -1.79. The molecule has 0 spiro atoms. The van der Waals surface area contributed by atoms with Gasteiger partial charge in [-0.1, -0.05) is 12.1 Å². The molecule has 2 heteroatoms. The van der Waals surface area contributed by atoms with Crippen LogP contribution in [0.25, 0.3) is 11.1 Å².